The largest absolute Gasteiger partial charge is 0.369 e. The van der Waals surface area contributed by atoms with Gasteiger partial charge in [0.25, 0.3) is 0 Å². The maximum Gasteiger partial charge on any atom is 0.233 e. The Bertz CT molecular complexity index is 567. The zero-order chi connectivity index (χ0) is 16.9. The summed E-state index contributed by atoms with van der Waals surface area (Å²) in [5.41, 5.74) is 1.22. The second-order valence-corrected chi connectivity index (χ2v) is 8.25. The van der Waals surface area contributed by atoms with E-state index in [4.69, 9.17) is 11.6 Å². The summed E-state index contributed by atoms with van der Waals surface area (Å²) in [7, 11) is 0. The van der Waals surface area contributed by atoms with Crippen molar-refractivity contribution in [1.29, 1.82) is 0 Å². The number of hydrogen-bond donors (Lipinski definition) is 0. The SMILES string of the molecule is CC1SCC(=O)N1CCCCN1CCN(c2cccc(Cl)c2)CC1.Cl. The van der Waals surface area contributed by atoms with E-state index in [1.165, 1.54) is 12.1 Å². The van der Waals surface area contributed by atoms with E-state index in [1.807, 2.05) is 23.1 Å². The normalized spacial score (nSPS) is 21.5. The van der Waals surface area contributed by atoms with Crippen LogP contribution >= 0.6 is 35.8 Å². The van der Waals surface area contributed by atoms with Crippen LogP contribution in [0.5, 0.6) is 0 Å². The Morgan fingerprint density at radius 1 is 1.16 bits per heavy atom. The lowest BCUT2D eigenvalue weighted by Crippen LogP contribution is -2.46. The second-order valence-electron chi connectivity index (χ2n) is 6.51. The number of carbonyl (C=O) groups excluding carboxylic acids is 1. The van der Waals surface area contributed by atoms with Gasteiger partial charge in [-0.25, -0.2) is 0 Å². The third-order valence-electron chi connectivity index (χ3n) is 4.88. The van der Waals surface area contributed by atoms with Crippen LogP contribution in [0, 0.1) is 0 Å². The number of anilines is 1. The van der Waals surface area contributed by atoms with Gasteiger partial charge >= 0.3 is 0 Å². The van der Waals surface area contributed by atoms with Crippen LogP contribution in [0.25, 0.3) is 0 Å². The van der Waals surface area contributed by atoms with Crippen molar-refractivity contribution in [2.45, 2.75) is 25.1 Å². The van der Waals surface area contributed by atoms with Gasteiger partial charge in [-0.2, -0.15) is 0 Å². The number of thioether (sulfide) groups is 1. The number of benzene rings is 1. The zero-order valence-electron chi connectivity index (χ0n) is 14.7. The molecule has 140 valence electrons. The fourth-order valence-electron chi connectivity index (χ4n) is 3.39. The molecule has 2 saturated heterocycles. The molecule has 0 bridgehead atoms. The summed E-state index contributed by atoms with van der Waals surface area (Å²) in [6.45, 7) is 8.48. The quantitative estimate of drug-likeness (QED) is 0.678. The standard InChI is InChI=1S/C18H26ClN3OS.ClH/c1-15-22(18(23)14-24-15)8-3-2-7-20-9-11-21(12-10-20)17-6-4-5-16(19)13-17;/h4-6,13,15H,2-3,7-12,14H2,1H3;1H. The molecule has 1 aromatic carbocycles. The van der Waals surface area contributed by atoms with Gasteiger partial charge in [-0.3, -0.25) is 9.69 Å². The molecular weight excluding hydrogens is 377 g/mol. The Morgan fingerprint density at radius 2 is 1.88 bits per heavy atom. The Hall–Kier alpha value is -0.620. The monoisotopic (exact) mass is 403 g/mol. The predicted molar refractivity (Wildman–Crippen MR) is 110 cm³/mol. The number of unbranched alkanes of at least 4 members (excludes halogenated alkanes) is 1. The summed E-state index contributed by atoms with van der Waals surface area (Å²) in [5, 5.41) is 1.16. The van der Waals surface area contributed by atoms with Crippen LogP contribution in [0.1, 0.15) is 19.8 Å². The van der Waals surface area contributed by atoms with E-state index < -0.39 is 0 Å². The van der Waals surface area contributed by atoms with Crippen LogP contribution in [0.3, 0.4) is 0 Å². The molecule has 7 heteroatoms. The van der Waals surface area contributed by atoms with Crippen LogP contribution in [0.4, 0.5) is 5.69 Å². The van der Waals surface area contributed by atoms with Gasteiger partial charge in [0.15, 0.2) is 0 Å². The first-order valence-corrected chi connectivity index (χ1v) is 10.2. The first kappa shape index (κ1) is 20.7. The van der Waals surface area contributed by atoms with Crippen molar-refractivity contribution in [3.63, 3.8) is 0 Å². The highest BCUT2D eigenvalue weighted by molar-refractivity contribution is 8.00. The molecule has 3 rings (SSSR count). The van der Waals surface area contributed by atoms with E-state index in [1.54, 1.807) is 11.8 Å². The molecule has 25 heavy (non-hydrogen) atoms. The molecule has 0 saturated carbocycles. The highest BCUT2D eigenvalue weighted by Crippen LogP contribution is 2.24. The molecule has 1 aromatic rings. The van der Waals surface area contributed by atoms with Gasteiger partial charge in [0, 0.05) is 43.4 Å². The van der Waals surface area contributed by atoms with Crippen LogP contribution in [-0.2, 0) is 4.79 Å². The van der Waals surface area contributed by atoms with Crippen LogP contribution in [-0.4, -0.2) is 66.1 Å². The summed E-state index contributed by atoms with van der Waals surface area (Å²) in [6, 6.07) is 8.12. The van der Waals surface area contributed by atoms with Gasteiger partial charge < -0.3 is 9.80 Å². The van der Waals surface area contributed by atoms with Crippen molar-refractivity contribution >= 4 is 47.4 Å². The lowest BCUT2D eigenvalue weighted by molar-refractivity contribution is -0.127. The summed E-state index contributed by atoms with van der Waals surface area (Å²) in [6.07, 6.45) is 2.27. The van der Waals surface area contributed by atoms with Crippen molar-refractivity contribution in [3.8, 4) is 0 Å². The van der Waals surface area contributed by atoms with Gasteiger partial charge in [0.05, 0.1) is 11.1 Å². The van der Waals surface area contributed by atoms with E-state index in [0.717, 1.165) is 50.7 Å². The van der Waals surface area contributed by atoms with Crippen LogP contribution < -0.4 is 4.90 Å². The van der Waals surface area contributed by atoms with Gasteiger partial charge in [-0.05, 0) is 44.5 Å². The summed E-state index contributed by atoms with van der Waals surface area (Å²) in [5.74, 6) is 0.967. The maximum absolute atomic E-state index is 11.8. The van der Waals surface area contributed by atoms with Crippen molar-refractivity contribution in [2.24, 2.45) is 0 Å². The molecule has 0 aliphatic carbocycles. The van der Waals surface area contributed by atoms with E-state index in [2.05, 4.69) is 22.8 Å². The van der Waals surface area contributed by atoms with E-state index in [0.29, 0.717) is 17.0 Å². The highest BCUT2D eigenvalue weighted by atomic mass is 35.5. The van der Waals surface area contributed by atoms with Gasteiger partial charge in [-0.1, -0.05) is 17.7 Å². The molecule has 2 aliphatic rings. The van der Waals surface area contributed by atoms with Crippen LogP contribution in [0.15, 0.2) is 24.3 Å². The van der Waals surface area contributed by atoms with Crippen LogP contribution in [0.2, 0.25) is 5.02 Å². The lowest BCUT2D eigenvalue weighted by Gasteiger charge is -2.36. The number of rotatable bonds is 6. The maximum atomic E-state index is 11.8. The summed E-state index contributed by atoms with van der Waals surface area (Å²) >= 11 is 7.83. The van der Waals surface area contributed by atoms with E-state index in [9.17, 15) is 4.79 Å². The van der Waals surface area contributed by atoms with Crippen molar-refractivity contribution in [2.75, 3.05) is 49.9 Å². The topological polar surface area (TPSA) is 26.8 Å². The zero-order valence-corrected chi connectivity index (χ0v) is 17.1. The predicted octanol–water partition coefficient (Wildman–Crippen LogP) is 3.59. The van der Waals surface area contributed by atoms with E-state index in [-0.39, 0.29) is 12.4 Å². The van der Waals surface area contributed by atoms with Gasteiger partial charge in [-0.15, -0.1) is 24.2 Å². The molecule has 2 fully saturated rings. The molecular formula is C18H27Cl2N3OS. The molecule has 0 spiro atoms. The minimum atomic E-state index is 0. The number of hydrogen-bond acceptors (Lipinski definition) is 4. The first-order chi connectivity index (χ1) is 11.6. The Kier molecular flexibility index (Phi) is 8.20. The minimum Gasteiger partial charge on any atom is -0.369 e. The molecule has 1 amide bonds. The third kappa shape index (κ3) is 5.68. The fourth-order valence-corrected chi connectivity index (χ4v) is 4.53. The molecule has 0 aromatic heterocycles. The van der Waals surface area contributed by atoms with Crippen molar-refractivity contribution < 1.29 is 4.79 Å². The lowest BCUT2D eigenvalue weighted by atomic mass is 10.2. The number of halogens is 2. The Labute approximate surface area is 166 Å². The number of nitrogens with zero attached hydrogens (tertiary/aromatic N) is 3. The smallest absolute Gasteiger partial charge is 0.233 e. The molecule has 2 aliphatic heterocycles. The second kappa shape index (κ2) is 9.91. The third-order valence-corrected chi connectivity index (χ3v) is 6.26. The first-order valence-electron chi connectivity index (χ1n) is 8.77. The molecule has 2 heterocycles. The molecule has 0 radical (unpaired) electrons. The molecule has 1 unspecified atom stereocenters. The number of amides is 1. The fraction of sp³-hybridized carbons (Fsp3) is 0.611. The molecule has 4 nitrogen and oxygen atoms in total. The highest BCUT2D eigenvalue weighted by Gasteiger charge is 2.27. The Balaban J connectivity index is 0.00000225. The minimum absolute atomic E-state index is 0. The van der Waals surface area contributed by atoms with Crippen molar-refractivity contribution in [3.05, 3.63) is 29.3 Å². The number of carbonyl (C=O) groups is 1. The molecule has 0 N–H and O–H groups in total. The van der Waals surface area contributed by atoms with Gasteiger partial charge in [0.2, 0.25) is 5.91 Å². The van der Waals surface area contributed by atoms with Crippen molar-refractivity contribution in [1.82, 2.24) is 9.80 Å². The summed E-state index contributed by atoms with van der Waals surface area (Å²) in [4.78, 5) is 18.7. The van der Waals surface area contributed by atoms with E-state index >= 15 is 0 Å². The number of piperazine rings is 1. The van der Waals surface area contributed by atoms with Gasteiger partial charge in [0.1, 0.15) is 0 Å². The average Bonchev–Trinajstić information content (AvgIpc) is 2.91. The summed E-state index contributed by atoms with van der Waals surface area (Å²) < 4.78 is 0. The molecule has 1 atom stereocenters. The average molecular weight is 404 g/mol. The Morgan fingerprint density at radius 3 is 2.52 bits per heavy atom.